The van der Waals surface area contributed by atoms with Gasteiger partial charge in [-0.3, -0.25) is 19.7 Å². The quantitative estimate of drug-likeness (QED) is 0.124. The van der Waals surface area contributed by atoms with E-state index in [1.54, 1.807) is 61.5 Å². The third-order valence-corrected chi connectivity index (χ3v) is 7.84. The molecule has 0 radical (unpaired) electrons. The maximum Gasteiger partial charge on any atom is 0.345 e. The SMILES string of the molecule is CN(C)CC(=O)Nc1ccc(C[C@H](NC(=O)c2ccc(C(=O)O)s2)[C@H](O)NCCc2cc(=O)[nH]c3ccc(Cl)cc23)cc1. The molecule has 0 bridgehead atoms. The molecule has 0 saturated heterocycles. The number of pyridine rings is 1. The molecule has 4 rings (SSSR count). The normalized spacial score (nSPS) is 12.7. The molecule has 226 valence electrons. The van der Waals surface area contributed by atoms with Crippen molar-refractivity contribution in [3.05, 3.63) is 96.9 Å². The third-order valence-electron chi connectivity index (χ3n) is 6.53. The van der Waals surface area contributed by atoms with Gasteiger partial charge < -0.3 is 30.7 Å². The number of aliphatic hydroxyl groups is 1. The molecule has 0 aliphatic carbocycles. The molecule has 2 amide bonds. The minimum Gasteiger partial charge on any atom is -0.477 e. The van der Waals surface area contributed by atoms with Crippen molar-refractivity contribution in [2.45, 2.75) is 25.1 Å². The van der Waals surface area contributed by atoms with Crippen molar-refractivity contribution in [3.8, 4) is 0 Å². The number of aromatic amines is 1. The first-order chi connectivity index (χ1) is 20.5. The zero-order valence-electron chi connectivity index (χ0n) is 23.5. The summed E-state index contributed by atoms with van der Waals surface area (Å²) >= 11 is 7.00. The van der Waals surface area contributed by atoms with E-state index in [1.165, 1.54) is 18.2 Å². The summed E-state index contributed by atoms with van der Waals surface area (Å²) < 4.78 is 0. The van der Waals surface area contributed by atoms with Crippen molar-refractivity contribution < 1.29 is 24.6 Å². The van der Waals surface area contributed by atoms with Crippen LogP contribution in [0.4, 0.5) is 5.69 Å². The van der Waals surface area contributed by atoms with Gasteiger partial charge in [0.05, 0.1) is 17.5 Å². The van der Waals surface area contributed by atoms with Gasteiger partial charge >= 0.3 is 5.97 Å². The first kappa shape index (κ1) is 31.9. The summed E-state index contributed by atoms with van der Waals surface area (Å²) in [6.45, 7) is 0.512. The Kier molecular flexibility index (Phi) is 10.7. The Balaban J connectivity index is 1.47. The summed E-state index contributed by atoms with van der Waals surface area (Å²) in [5, 5.41) is 30.3. The number of hydrogen-bond acceptors (Lipinski definition) is 8. The molecule has 0 spiro atoms. The number of rotatable bonds is 13. The molecule has 2 atom stereocenters. The van der Waals surface area contributed by atoms with E-state index in [2.05, 4.69) is 20.9 Å². The van der Waals surface area contributed by atoms with Crippen LogP contribution in [0.25, 0.3) is 10.9 Å². The van der Waals surface area contributed by atoms with E-state index in [-0.39, 0.29) is 40.7 Å². The number of anilines is 1. The molecule has 6 N–H and O–H groups in total. The number of amides is 2. The Labute approximate surface area is 256 Å². The van der Waals surface area contributed by atoms with E-state index < -0.39 is 24.1 Å². The summed E-state index contributed by atoms with van der Waals surface area (Å²) in [5.41, 5.74) is 2.53. The highest BCUT2D eigenvalue weighted by molar-refractivity contribution is 7.15. The van der Waals surface area contributed by atoms with Crippen LogP contribution in [-0.2, 0) is 17.6 Å². The predicted molar refractivity (Wildman–Crippen MR) is 167 cm³/mol. The van der Waals surface area contributed by atoms with Crippen LogP contribution in [0, 0.1) is 0 Å². The maximum absolute atomic E-state index is 13.0. The molecular weight excluding hydrogens is 594 g/mol. The van der Waals surface area contributed by atoms with Crippen LogP contribution in [0.5, 0.6) is 0 Å². The fourth-order valence-corrected chi connectivity index (χ4v) is 5.44. The molecule has 2 heterocycles. The van der Waals surface area contributed by atoms with E-state index in [4.69, 9.17) is 11.6 Å². The number of carbonyl (C=O) groups is 3. The zero-order valence-corrected chi connectivity index (χ0v) is 25.1. The van der Waals surface area contributed by atoms with E-state index in [9.17, 15) is 29.4 Å². The van der Waals surface area contributed by atoms with Gasteiger partial charge in [0, 0.05) is 34.2 Å². The Hall–Kier alpha value is -4.07. The number of hydrogen-bond donors (Lipinski definition) is 6. The first-order valence-electron chi connectivity index (χ1n) is 13.4. The molecule has 11 nitrogen and oxygen atoms in total. The molecule has 0 saturated carbocycles. The van der Waals surface area contributed by atoms with Crippen molar-refractivity contribution in [1.29, 1.82) is 0 Å². The fourth-order valence-electron chi connectivity index (χ4n) is 4.52. The first-order valence-corrected chi connectivity index (χ1v) is 14.6. The van der Waals surface area contributed by atoms with Crippen LogP contribution >= 0.6 is 22.9 Å². The lowest BCUT2D eigenvalue weighted by atomic mass is 10.0. The molecule has 2 aromatic carbocycles. The molecule has 0 unspecified atom stereocenters. The summed E-state index contributed by atoms with van der Waals surface area (Å²) in [6, 6.07) is 15.7. The molecule has 13 heteroatoms. The van der Waals surface area contributed by atoms with Crippen molar-refractivity contribution in [2.75, 3.05) is 32.5 Å². The van der Waals surface area contributed by atoms with Crippen LogP contribution in [0.2, 0.25) is 5.02 Å². The monoisotopic (exact) mass is 625 g/mol. The van der Waals surface area contributed by atoms with Gasteiger partial charge in [0.25, 0.3) is 5.91 Å². The third kappa shape index (κ3) is 8.96. The van der Waals surface area contributed by atoms with Crippen molar-refractivity contribution >= 4 is 57.3 Å². The van der Waals surface area contributed by atoms with Gasteiger partial charge in [0.1, 0.15) is 11.1 Å². The van der Waals surface area contributed by atoms with Crippen molar-refractivity contribution in [2.24, 2.45) is 0 Å². The average Bonchev–Trinajstić information content (AvgIpc) is 3.45. The summed E-state index contributed by atoms with van der Waals surface area (Å²) in [5.74, 6) is -1.81. The molecular formula is C30H32ClN5O6S. The minimum absolute atomic E-state index is 0.0254. The van der Waals surface area contributed by atoms with E-state index >= 15 is 0 Å². The summed E-state index contributed by atoms with van der Waals surface area (Å²) in [7, 11) is 3.60. The number of thiophene rings is 1. The highest BCUT2D eigenvalue weighted by atomic mass is 35.5. The van der Waals surface area contributed by atoms with E-state index in [0.29, 0.717) is 22.6 Å². The van der Waals surface area contributed by atoms with Crippen LogP contribution < -0.4 is 21.5 Å². The van der Waals surface area contributed by atoms with Gasteiger partial charge in [-0.2, -0.15) is 0 Å². The Morgan fingerprint density at radius 3 is 2.42 bits per heavy atom. The van der Waals surface area contributed by atoms with Crippen LogP contribution in [0.3, 0.4) is 0 Å². The van der Waals surface area contributed by atoms with Gasteiger partial charge in [-0.25, -0.2) is 4.79 Å². The fraction of sp³-hybridized carbons (Fsp3) is 0.267. The number of aliphatic hydroxyl groups excluding tert-OH is 1. The second-order valence-corrected chi connectivity index (χ2v) is 11.8. The van der Waals surface area contributed by atoms with Crippen LogP contribution in [0.15, 0.2) is 65.5 Å². The number of halogens is 1. The smallest absolute Gasteiger partial charge is 0.345 e. The number of likely N-dealkylation sites (N-methyl/N-ethyl adjacent to an activating group) is 1. The van der Waals surface area contributed by atoms with Crippen molar-refractivity contribution in [3.63, 3.8) is 0 Å². The van der Waals surface area contributed by atoms with E-state index in [0.717, 1.165) is 27.8 Å². The Morgan fingerprint density at radius 1 is 1.02 bits per heavy atom. The summed E-state index contributed by atoms with van der Waals surface area (Å²) in [6.07, 6.45) is -0.571. The van der Waals surface area contributed by atoms with Crippen LogP contribution in [-0.4, -0.2) is 77.3 Å². The van der Waals surface area contributed by atoms with Gasteiger partial charge in [0.15, 0.2) is 0 Å². The number of nitrogens with zero attached hydrogens (tertiary/aromatic N) is 1. The number of carboxylic acids is 1. The number of fused-ring (bicyclic) bond motifs is 1. The lowest BCUT2D eigenvalue weighted by Gasteiger charge is -2.25. The largest absolute Gasteiger partial charge is 0.477 e. The van der Waals surface area contributed by atoms with Gasteiger partial charge in [-0.05, 0) is 80.5 Å². The van der Waals surface area contributed by atoms with Crippen molar-refractivity contribution in [1.82, 2.24) is 20.5 Å². The zero-order chi connectivity index (χ0) is 31.1. The number of carbonyl (C=O) groups excluding carboxylic acids is 2. The molecule has 0 aliphatic rings. The lowest BCUT2D eigenvalue weighted by Crippen LogP contribution is -2.51. The standard InChI is InChI=1S/C30H32ClN5O6S/c1-36(2)16-27(38)33-20-6-3-17(4-7-20)13-23(35-29(40)24-9-10-25(43-24)30(41)42)28(39)32-12-11-18-14-26(37)34-22-8-5-19(31)15-21(18)22/h3-10,14-15,23,28,32,39H,11-13,16H2,1-2H3,(H,33,38)(H,34,37)(H,35,40)(H,41,42)/t23-,28-/m0/s1. The number of aromatic nitrogens is 1. The van der Waals surface area contributed by atoms with Gasteiger partial charge in [-0.15, -0.1) is 11.3 Å². The molecule has 43 heavy (non-hydrogen) atoms. The highest BCUT2D eigenvalue weighted by Crippen LogP contribution is 2.21. The highest BCUT2D eigenvalue weighted by Gasteiger charge is 2.24. The predicted octanol–water partition coefficient (Wildman–Crippen LogP) is 2.93. The minimum atomic E-state index is -1.20. The lowest BCUT2D eigenvalue weighted by molar-refractivity contribution is -0.116. The number of carboxylic acid groups (broad SMARTS) is 1. The average molecular weight is 626 g/mol. The summed E-state index contributed by atoms with van der Waals surface area (Å²) in [4.78, 5) is 53.3. The van der Waals surface area contributed by atoms with Gasteiger partial charge in [-0.1, -0.05) is 23.7 Å². The van der Waals surface area contributed by atoms with Crippen LogP contribution in [0.1, 0.15) is 30.5 Å². The van der Waals surface area contributed by atoms with Gasteiger partial charge in [0.2, 0.25) is 11.5 Å². The maximum atomic E-state index is 13.0. The second kappa shape index (κ2) is 14.4. The molecule has 0 aliphatic heterocycles. The number of aromatic carboxylic acids is 1. The molecule has 0 fully saturated rings. The topological polar surface area (TPSA) is 164 Å². The Morgan fingerprint density at radius 2 is 1.74 bits per heavy atom. The second-order valence-electron chi connectivity index (χ2n) is 10.2. The molecule has 2 aromatic heterocycles. The number of H-pyrrole nitrogens is 1. The Bertz CT molecular complexity index is 1670. The number of benzene rings is 2. The number of nitrogens with one attached hydrogen (secondary N) is 4. The van der Waals surface area contributed by atoms with E-state index in [1.807, 2.05) is 0 Å². The molecule has 4 aromatic rings.